The predicted molar refractivity (Wildman–Crippen MR) is 90.6 cm³/mol. The van der Waals surface area contributed by atoms with Gasteiger partial charge in [0.15, 0.2) is 5.65 Å². The number of imidazole rings is 1. The molecule has 0 bridgehead atoms. The van der Waals surface area contributed by atoms with Gasteiger partial charge in [-0.2, -0.15) is 0 Å². The molecule has 3 aromatic heterocycles. The number of allylic oxidation sites excluding steroid dienone is 1. The van der Waals surface area contributed by atoms with Crippen LogP contribution in [0.15, 0.2) is 36.8 Å². The zero-order valence-electron chi connectivity index (χ0n) is 13.1. The van der Waals surface area contributed by atoms with E-state index >= 15 is 0 Å². The number of nitrogens with zero attached hydrogens (tertiary/aromatic N) is 3. The largest absolute Gasteiger partial charge is 0.343 e. The summed E-state index contributed by atoms with van der Waals surface area (Å²) in [6.45, 7) is 4.44. The molecule has 0 amide bonds. The van der Waals surface area contributed by atoms with Gasteiger partial charge in [0.2, 0.25) is 0 Å². The standard InChI is InChI=1S/C19H16N4/c1-19(2)8-7-14-9-13(11-20-17(14)10-19)3-4-15-5-6-16-18(23-15)22-12-21-16/h5-9,11-12H,10H2,1-2H3,(H,21,22,23). The third kappa shape index (κ3) is 2.74. The molecule has 112 valence electrons. The van der Waals surface area contributed by atoms with Gasteiger partial charge in [0.05, 0.1) is 11.8 Å². The summed E-state index contributed by atoms with van der Waals surface area (Å²) in [5.41, 5.74) is 5.68. The van der Waals surface area contributed by atoms with E-state index in [0.717, 1.165) is 28.8 Å². The molecule has 0 aromatic carbocycles. The Morgan fingerprint density at radius 3 is 3.00 bits per heavy atom. The summed E-state index contributed by atoms with van der Waals surface area (Å²) in [5.74, 6) is 6.23. The summed E-state index contributed by atoms with van der Waals surface area (Å²) >= 11 is 0. The van der Waals surface area contributed by atoms with Crippen LogP contribution >= 0.6 is 0 Å². The van der Waals surface area contributed by atoms with E-state index in [1.807, 2.05) is 18.3 Å². The van der Waals surface area contributed by atoms with Crippen LogP contribution in [-0.4, -0.2) is 19.9 Å². The maximum atomic E-state index is 4.58. The number of aromatic amines is 1. The van der Waals surface area contributed by atoms with Crippen molar-refractivity contribution in [2.75, 3.05) is 0 Å². The first-order chi connectivity index (χ1) is 11.1. The first kappa shape index (κ1) is 13.7. The van der Waals surface area contributed by atoms with Gasteiger partial charge in [-0.1, -0.05) is 31.9 Å². The van der Waals surface area contributed by atoms with E-state index in [1.54, 1.807) is 6.33 Å². The van der Waals surface area contributed by atoms with Crippen LogP contribution in [0.3, 0.4) is 0 Å². The number of hydrogen-bond donors (Lipinski definition) is 1. The minimum absolute atomic E-state index is 0.177. The number of hydrogen-bond acceptors (Lipinski definition) is 3. The number of nitrogens with one attached hydrogen (secondary N) is 1. The fourth-order valence-corrected chi connectivity index (χ4v) is 2.70. The van der Waals surface area contributed by atoms with Gasteiger partial charge in [-0.25, -0.2) is 9.97 Å². The van der Waals surface area contributed by atoms with Gasteiger partial charge in [-0.15, -0.1) is 0 Å². The van der Waals surface area contributed by atoms with E-state index in [0.29, 0.717) is 11.3 Å². The SMILES string of the molecule is CC1(C)C=Cc2cc(C#Cc3ccc4[nH]cnc4n3)cnc2C1. The summed E-state index contributed by atoms with van der Waals surface area (Å²) < 4.78 is 0. The van der Waals surface area contributed by atoms with E-state index in [1.165, 1.54) is 0 Å². The lowest BCUT2D eigenvalue weighted by molar-refractivity contribution is 0.468. The van der Waals surface area contributed by atoms with Crippen LogP contribution in [0.25, 0.3) is 17.2 Å². The van der Waals surface area contributed by atoms with Gasteiger partial charge >= 0.3 is 0 Å². The average Bonchev–Trinajstić information content (AvgIpc) is 3.00. The molecule has 3 aromatic rings. The van der Waals surface area contributed by atoms with Crippen LogP contribution in [0.5, 0.6) is 0 Å². The van der Waals surface area contributed by atoms with Gasteiger partial charge in [0.25, 0.3) is 0 Å². The monoisotopic (exact) mass is 300 g/mol. The topological polar surface area (TPSA) is 54.5 Å². The van der Waals surface area contributed by atoms with Gasteiger partial charge in [-0.05, 0) is 41.5 Å². The van der Waals surface area contributed by atoms with Crippen molar-refractivity contribution in [2.24, 2.45) is 5.41 Å². The molecule has 4 rings (SSSR count). The van der Waals surface area contributed by atoms with E-state index in [4.69, 9.17) is 0 Å². The van der Waals surface area contributed by atoms with E-state index < -0.39 is 0 Å². The number of rotatable bonds is 0. The van der Waals surface area contributed by atoms with E-state index in [9.17, 15) is 0 Å². The quantitative estimate of drug-likeness (QED) is 0.648. The normalized spacial score (nSPS) is 15.0. The van der Waals surface area contributed by atoms with Gasteiger partial charge in [0.1, 0.15) is 5.69 Å². The minimum Gasteiger partial charge on any atom is -0.343 e. The molecule has 1 aliphatic rings. The number of pyridine rings is 2. The first-order valence-corrected chi connectivity index (χ1v) is 7.59. The van der Waals surface area contributed by atoms with E-state index in [2.05, 4.69) is 63.8 Å². The van der Waals surface area contributed by atoms with Crippen LogP contribution in [0, 0.1) is 17.3 Å². The summed E-state index contributed by atoms with van der Waals surface area (Å²) in [7, 11) is 0. The molecule has 4 nitrogen and oxygen atoms in total. The summed E-state index contributed by atoms with van der Waals surface area (Å²) in [4.78, 5) is 16.2. The molecule has 4 heteroatoms. The molecule has 0 spiro atoms. The van der Waals surface area contributed by atoms with Crippen molar-refractivity contribution >= 4 is 17.2 Å². The van der Waals surface area contributed by atoms with Gasteiger partial charge in [-0.3, -0.25) is 4.98 Å². The van der Waals surface area contributed by atoms with Crippen molar-refractivity contribution in [2.45, 2.75) is 20.3 Å². The third-order valence-electron chi connectivity index (χ3n) is 3.96. The lowest BCUT2D eigenvalue weighted by Gasteiger charge is -2.24. The minimum atomic E-state index is 0.177. The molecule has 1 N–H and O–H groups in total. The zero-order valence-corrected chi connectivity index (χ0v) is 13.1. The molecule has 0 radical (unpaired) electrons. The Morgan fingerprint density at radius 2 is 2.09 bits per heavy atom. The molecule has 0 aliphatic heterocycles. The second kappa shape index (κ2) is 5.06. The van der Waals surface area contributed by atoms with Crippen LogP contribution in [0.1, 0.15) is 36.4 Å². The molecule has 23 heavy (non-hydrogen) atoms. The second-order valence-electron chi connectivity index (χ2n) is 6.48. The van der Waals surface area contributed by atoms with Crippen molar-refractivity contribution in [1.82, 2.24) is 19.9 Å². The lowest BCUT2D eigenvalue weighted by atomic mass is 9.81. The van der Waals surface area contributed by atoms with Gasteiger partial charge in [0, 0.05) is 17.5 Å². The lowest BCUT2D eigenvalue weighted by Crippen LogP contribution is -2.16. The Kier molecular flexibility index (Phi) is 3.02. The van der Waals surface area contributed by atoms with Gasteiger partial charge < -0.3 is 4.98 Å². The summed E-state index contributed by atoms with van der Waals surface area (Å²) in [6, 6.07) is 5.92. The molecule has 0 saturated carbocycles. The van der Waals surface area contributed by atoms with Crippen LogP contribution < -0.4 is 0 Å². The highest BCUT2D eigenvalue weighted by molar-refractivity contribution is 5.70. The molecule has 1 aliphatic carbocycles. The van der Waals surface area contributed by atoms with Crippen LogP contribution in [0.4, 0.5) is 0 Å². The smallest absolute Gasteiger partial charge is 0.178 e. The van der Waals surface area contributed by atoms with Crippen LogP contribution in [-0.2, 0) is 6.42 Å². The third-order valence-corrected chi connectivity index (χ3v) is 3.96. The Labute approximate surface area is 134 Å². The molecule has 0 fully saturated rings. The zero-order chi connectivity index (χ0) is 15.9. The fraction of sp³-hybridized carbons (Fsp3) is 0.211. The van der Waals surface area contributed by atoms with Crippen molar-refractivity contribution in [3.63, 3.8) is 0 Å². The highest BCUT2D eigenvalue weighted by Gasteiger charge is 2.21. The van der Waals surface area contributed by atoms with Crippen molar-refractivity contribution < 1.29 is 0 Å². The molecule has 0 unspecified atom stereocenters. The number of H-pyrrole nitrogens is 1. The maximum absolute atomic E-state index is 4.58. The predicted octanol–water partition coefficient (Wildman–Crippen LogP) is 3.35. The Morgan fingerprint density at radius 1 is 1.17 bits per heavy atom. The van der Waals surface area contributed by atoms with E-state index in [-0.39, 0.29) is 5.41 Å². The fourth-order valence-electron chi connectivity index (χ4n) is 2.70. The maximum Gasteiger partial charge on any atom is 0.178 e. The number of aromatic nitrogens is 4. The Balaban J connectivity index is 1.65. The van der Waals surface area contributed by atoms with Crippen LogP contribution in [0.2, 0.25) is 0 Å². The summed E-state index contributed by atoms with van der Waals surface area (Å²) in [6.07, 6.45) is 8.82. The van der Waals surface area contributed by atoms with Crippen molar-refractivity contribution in [1.29, 1.82) is 0 Å². The Hall–Kier alpha value is -2.93. The molecule has 0 saturated heterocycles. The highest BCUT2D eigenvalue weighted by atomic mass is 14.9. The number of fused-ring (bicyclic) bond motifs is 2. The van der Waals surface area contributed by atoms with Crippen molar-refractivity contribution in [3.05, 3.63) is 59.3 Å². The highest BCUT2D eigenvalue weighted by Crippen LogP contribution is 2.30. The Bertz CT molecular complexity index is 983. The molecular formula is C19H16N4. The first-order valence-electron chi connectivity index (χ1n) is 7.59. The van der Waals surface area contributed by atoms with Crippen molar-refractivity contribution in [3.8, 4) is 11.8 Å². The summed E-state index contributed by atoms with van der Waals surface area (Å²) in [5, 5.41) is 0. The average molecular weight is 300 g/mol. The second-order valence-corrected chi connectivity index (χ2v) is 6.48. The molecule has 0 atom stereocenters. The molecule has 3 heterocycles. The molecular weight excluding hydrogens is 284 g/mol.